The van der Waals surface area contributed by atoms with Crippen molar-refractivity contribution in [2.24, 2.45) is 0 Å². The Kier molecular flexibility index (Phi) is 2.90. The topological polar surface area (TPSA) is 41.9 Å². The highest BCUT2D eigenvalue weighted by Crippen LogP contribution is 2.26. The lowest BCUT2D eigenvalue weighted by atomic mass is 10.2. The van der Waals surface area contributed by atoms with Crippen LogP contribution in [0.15, 0.2) is 42.3 Å². The van der Waals surface area contributed by atoms with E-state index < -0.39 is 0 Å². The largest absolute Gasteiger partial charge is 0.355 e. The van der Waals surface area contributed by atoms with Crippen molar-refractivity contribution in [1.29, 1.82) is 0 Å². The molecule has 0 radical (unpaired) electrons. The molecule has 0 bridgehead atoms. The number of fused-ring (bicyclic) bond motifs is 1. The van der Waals surface area contributed by atoms with Gasteiger partial charge in [-0.15, -0.1) is 11.3 Å². The Morgan fingerprint density at radius 2 is 2.00 bits per heavy atom. The van der Waals surface area contributed by atoms with E-state index >= 15 is 0 Å². The number of rotatable bonds is 3. The van der Waals surface area contributed by atoms with E-state index in [2.05, 4.69) is 25.9 Å². The van der Waals surface area contributed by atoms with Crippen molar-refractivity contribution < 1.29 is 0 Å². The minimum absolute atomic E-state index is 0.810. The van der Waals surface area contributed by atoms with Gasteiger partial charge in [-0.05, 0) is 29.1 Å². The Hall–Kier alpha value is -2.01. The van der Waals surface area contributed by atoms with Gasteiger partial charge in [0, 0.05) is 26.0 Å². The molecule has 90 valence electrons. The summed E-state index contributed by atoms with van der Waals surface area (Å²) in [6.07, 6.45) is 5.24. The lowest BCUT2D eigenvalue weighted by Crippen LogP contribution is -2.17. The molecule has 0 amide bonds. The fourth-order valence-corrected chi connectivity index (χ4v) is 2.65. The van der Waals surface area contributed by atoms with Crippen LogP contribution < -0.4 is 4.90 Å². The maximum atomic E-state index is 4.38. The second-order valence-corrected chi connectivity index (χ2v) is 4.94. The zero-order valence-corrected chi connectivity index (χ0v) is 10.8. The summed E-state index contributed by atoms with van der Waals surface area (Å²) in [5, 5.41) is 3.16. The van der Waals surface area contributed by atoms with Gasteiger partial charge in [-0.25, -0.2) is 9.97 Å². The van der Waals surface area contributed by atoms with Gasteiger partial charge >= 0.3 is 0 Å². The molecule has 18 heavy (non-hydrogen) atoms. The first-order chi connectivity index (χ1) is 8.84. The highest BCUT2D eigenvalue weighted by molar-refractivity contribution is 7.16. The molecule has 0 saturated heterocycles. The minimum atomic E-state index is 0.810. The molecule has 4 nitrogen and oxygen atoms in total. The summed E-state index contributed by atoms with van der Waals surface area (Å²) < 4.78 is 0. The number of hydrogen-bond donors (Lipinski definition) is 0. The van der Waals surface area contributed by atoms with E-state index in [4.69, 9.17) is 0 Å². The van der Waals surface area contributed by atoms with Crippen LogP contribution in [0.4, 0.5) is 5.82 Å². The molecule has 3 rings (SSSR count). The first-order valence-electron chi connectivity index (χ1n) is 5.63. The molecular formula is C13H12N4S. The normalized spacial score (nSPS) is 10.7. The Morgan fingerprint density at radius 1 is 1.17 bits per heavy atom. The van der Waals surface area contributed by atoms with Crippen molar-refractivity contribution in [3.63, 3.8) is 0 Å². The van der Waals surface area contributed by atoms with E-state index in [1.807, 2.05) is 37.0 Å². The van der Waals surface area contributed by atoms with Crippen LogP contribution in [0.3, 0.4) is 0 Å². The number of hydrogen-bond acceptors (Lipinski definition) is 5. The highest BCUT2D eigenvalue weighted by Gasteiger charge is 2.09. The van der Waals surface area contributed by atoms with Crippen molar-refractivity contribution in [3.8, 4) is 0 Å². The summed E-state index contributed by atoms with van der Waals surface area (Å²) in [5.74, 6) is 0.970. The maximum absolute atomic E-state index is 4.38. The number of nitrogens with zero attached hydrogens (tertiary/aromatic N) is 4. The fourth-order valence-electron chi connectivity index (χ4n) is 1.92. The quantitative estimate of drug-likeness (QED) is 0.722. The van der Waals surface area contributed by atoms with E-state index in [9.17, 15) is 0 Å². The third-order valence-corrected chi connectivity index (χ3v) is 3.59. The van der Waals surface area contributed by atoms with Crippen molar-refractivity contribution in [3.05, 3.63) is 47.9 Å². The van der Waals surface area contributed by atoms with Crippen LogP contribution in [0.1, 0.15) is 5.56 Å². The van der Waals surface area contributed by atoms with Gasteiger partial charge in [-0.1, -0.05) is 0 Å². The maximum Gasteiger partial charge on any atom is 0.140 e. The smallest absolute Gasteiger partial charge is 0.140 e. The standard InChI is InChI=1S/C13H12N4S/c1-17(8-10-2-5-14-6-3-10)12-11-4-7-18-13(11)16-9-15-12/h2-7,9H,8H2,1H3. The van der Waals surface area contributed by atoms with Crippen LogP contribution in [0.2, 0.25) is 0 Å². The molecule has 0 spiro atoms. The van der Waals surface area contributed by atoms with Crippen LogP contribution in [0.5, 0.6) is 0 Å². The van der Waals surface area contributed by atoms with Crippen LogP contribution in [-0.2, 0) is 6.54 Å². The van der Waals surface area contributed by atoms with Crippen molar-refractivity contribution in [2.75, 3.05) is 11.9 Å². The predicted molar refractivity (Wildman–Crippen MR) is 73.8 cm³/mol. The van der Waals surface area contributed by atoms with Crippen molar-refractivity contribution in [1.82, 2.24) is 15.0 Å². The lowest BCUT2D eigenvalue weighted by Gasteiger charge is -2.18. The molecular weight excluding hydrogens is 244 g/mol. The van der Waals surface area contributed by atoms with Gasteiger partial charge < -0.3 is 4.90 Å². The Bertz CT molecular complexity index is 650. The van der Waals surface area contributed by atoms with E-state index in [1.54, 1.807) is 17.7 Å². The van der Waals surface area contributed by atoms with Gasteiger partial charge in [0.25, 0.3) is 0 Å². The van der Waals surface area contributed by atoms with Crippen LogP contribution >= 0.6 is 11.3 Å². The van der Waals surface area contributed by atoms with Gasteiger partial charge in [0.15, 0.2) is 0 Å². The number of pyridine rings is 1. The molecule has 3 heterocycles. The van der Waals surface area contributed by atoms with E-state index in [0.29, 0.717) is 0 Å². The van der Waals surface area contributed by atoms with Gasteiger partial charge in [0.1, 0.15) is 17.0 Å². The summed E-state index contributed by atoms with van der Waals surface area (Å²) in [6, 6.07) is 6.10. The predicted octanol–water partition coefficient (Wildman–Crippen LogP) is 2.72. The third kappa shape index (κ3) is 2.04. The average molecular weight is 256 g/mol. The van der Waals surface area contributed by atoms with E-state index in [0.717, 1.165) is 22.6 Å². The first kappa shape index (κ1) is 11.1. The molecule has 0 fully saturated rings. The summed E-state index contributed by atoms with van der Waals surface area (Å²) in [5.41, 5.74) is 1.22. The number of thiophene rings is 1. The molecule has 0 N–H and O–H groups in total. The number of anilines is 1. The molecule has 0 aromatic carbocycles. The Balaban J connectivity index is 1.92. The Morgan fingerprint density at radius 3 is 2.83 bits per heavy atom. The highest BCUT2D eigenvalue weighted by atomic mass is 32.1. The summed E-state index contributed by atoms with van der Waals surface area (Å²) in [7, 11) is 2.04. The van der Waals surface area contributed by atoms with Crippen molar-refractivity contribution >= 4 is 27.4 Å². The summed E-state index contributed by atoms with van der Waals surface area (Å²) in [4.78, 5) is 15.8. The van der Waals surface area contributed by atoms with E-state index in [1.165, 1.54) is 5.56 Å². The molecule has 0 atom stereocenters. The summed E-state index contributed by atoms with van der Waals surface area (Å²) in [6.45, 7) is 0.810. The molecule has 3 aromatic heterocycles. The number of aromatic nitrogens is 3. The second-order valence-electron chi connectivity index (χ2n) is 4.05. The van der Waals surface area contributed by atoms with Gasteiger partial charge in [-0.3, -0.25) is 4.98 Å². The minimum Gasteiger partial charge on any atom is -0.355 e. The SMILES string of the molecule is CN(Cc1ccncc1)c1ncnc2sccc12. The van der Waals surface area contributed by atoms with Crippen LogP contribution in [-0.4, -0.2) is 22.0 Å². The first-order valence-corrected chi connectivity index (χ1v) is 6.51. The zero-order chi connectivity index (χ0) is 12.4. The van der Waals surface area contributed by atoms with Crippen LogP contribution in [0.25, 0.3) is 10.2 Å². The van der Waals surface area contributed by atoms with Crippen LogP contribution in [0, 0.1) is 0 Å². The molecule has 0 aliphatic heterocycles. The molecule has 3 aromatic rings. The lowest BCUT2D eigenvalue weighted by molar-refractivity contribution is 0.898. The fraction of sp³-hybridized carbons (Fsp3) is 0.154. The molecule has 5 heteroatoms. The van der Waals surface area contributed by atoms with Gasteiger partial charge in [0.2, 0.25) is 0 Å². The molecule has 0 aliphatic rings. The van der Waals surface area contributed by atoms with Gasteiger partial charge in [-0.2, -0.15) is 0 Å². The van der Waals surface area contributed by atoms with E-state index in [-0.39, 0.29) is 0 Å². The average Bonchev–Trinajstić information content (AvgIpc) is 2.87. The van der Waals surface area contributed by atoms with Gasteiger partial charge in [0.05, 0.1) is 5.39 Å². The molecule has 0 aliphatic carbocycles. The van der Waals surface area contributed by atoms with Crippen molar-refractivity contribution in [2.45, 2.75) is 6.54 Å². The molecule has 0 saturated carbocycles. The third-order valence-electron chi connectivity index (χ3n) is 2.77. The zero-order valence-electron chi connectivity index (χ0n) is 9.95. The monoisotopic (exact) mass is 256 g/mol. The second kappa shape index (κ2) is 4.70. The summed E-state index contributed by atoms with van der Waals surface area (Å²) >= 11 is 1.64. The molecule has 0 unspecified atom stereocenters. The Labute approximate surface area is 109 Å².